The first kappa shape index (κ1) is 28.0. The Labute approximate surface area is 247 Å². The molecule has 2 atom stereocenters. The van der Waals surface area contributed by atoms with E-state index < -0.39 is 0 Å². The van der Waals surface area contributed by atoms with Gasteiger partial charge in [-0.25, -0.2) is 0 Å². The maximum atomic E-state index is 12.5. The highest BCUT2D eigenvalue weighted by Crippen LogP contribution is 2.37. The van der Waals surface area contributed by atoms with Crippen LogP contribution in [0.15, 0.2) is 43.1 Å². The van der Waals surface area contributed by atoms with Crippen molar-refractivity contribution in [3.8, 4) is 17.8 Å². The first-order valence-electron chi connectivity index (χ1n) is 15.0. The van der Waals surface area contributed by atoms with Crippen molar-refractivity contribution in [2.45, 2.75) is 50.6 Å². The number of piperazine rings is 1. The maximum absolute atomic E-state index is 12.5. The number of fused-ring (bicyclic) bond motifs is 2. The van der Waals surface area contributed by atoms with Gasteiger partial charge in [0, 0.05) is 61.3 Å². The number of nitriles is 1. The van der Waals surface area contributed by atoms with Gasteiger partial charge < -0.3 is 23.8 Å². The Kier molecular flexibility index (Phi) is 8.29. The molecule has 1 amide bonds. The van der Waals surface area contributed by atoms with E-state index in [-0.39, 0.29) is 24.4 Å². The van der Waals surface area contributed by atoms with E-state index in [0.717, 1.165) is 67.1 Å². The Morgan fingerprint density at radius 2 is 2.05 bits per heavy atom. The van der Waals surface area contributed by atoms with E-state index >= 15 is 0 Å². The molecule has 0 bridgehead atoms. The standard InChI is InChI=1S/C32H39N7O3/c1-3-30(40)39-17-16-37(22-25(39)10-12-33)31-27-8-6-24(38-15-11-23-20-26(41-2)7-9-29(23)38)21-28(27)34-32(35-31)42-19-18-36-13-4-5-14-36/h3,7,9,11,15,20,24-25H,1,4-6,8,10,13-14,16-19,21-22H2,2H3/t24?,25-/m0/s1. The molecular weight excluding hydrogens is 530 g/mol. The number of amides is 1. The largest absolute Gasteiger partial charge is 0.497 e. The average molecular weight is 570 g/mol. The van der Waals surface area contributed by atoms with Crippen LogP contribution in [-0.2, 0) is 17.6 Å². The minimum absolute atomic E-state index is 0.134. The van der Waals surface area contributed by atoms with E-state index in [4.69, 9.17) is 19.4 Å². The molecule has 0 saturated carbocycles. The quantitative estimate of drug-likeness (QED) is 0.359. The second-order valence-electron chi connectivity index (χ2n) is 11.4. The third-order valence-electron chi connectivity index (χ3n) is 8.93. The van der Waals surface area contributed by atoms with E-state index in [2.05, 4.69) is 51.4 Å². The molecule has 0 N–H and O–H groups in total. The van der Waals surface area contributed by atoms with E-state index in [1.165, 1.54) is 24.4 Å². The molecule has 2 fully saturated rings. The molecule has 3 aliphatic rings. The molecule has 0 spiro atoms. The minimum Gasteiger partial charge on any atom is -0.497 e. The summed E-state index contributed by atoms with van der Waals surface area (Å²) in [4.78, 5) is 28.8. The third-order valence-corrected chi connectivity index (χ3v) is 8.93. The lowest BCUT2D eigenvalue weighted by molar-refractivity contribution is -0.128. The first-order chi connectivity index (χ1) is 20.6. The smallest absolute Gasteiger partial charge is 0.318 e. The van der Waals surface area contributed by atoms with E-state index in [1.807, 2.05) is 6.07 Å². The Hall–Kier alpha value is -4.10. The molecule has 1 aromatic carbocycles. The van der Waals surface area contributed by atoms with Crippen LogP contribution >= 0.6 is 0 Å². The number of hydrogen-bond acceptors (Lipinski definition) is 8. The lowest BCUT2D eigenvalue weighted by Crippen LogP contribution is -2.55. The summed E-state index contributed by atoms with van der Waals surface area (Å²) in [6.45, 7) is 8.98. The van der Waals surface area contributed by atoms with Crippen LogP contribution in [0.5, 0.6) is 11.8 Å². The molecule has 2 aliphatic heterocycles. The van der Waals surface area contributed by atoms with Gasteiger partial charge in [-0.2, -0.15) is 15.2 Å². The van der Waals surface area contributed by atoms with Crippen molar-refractivity contribution < 1.29 is 14.3 Å². The van der Waals surface area contributed by atoms with Crippen molar-refractivity contribution in [3.63, 3.8) is 0 Å². The number of rotatable bonds is 9. The SMILES string of the molecule is C=CC(=O)N1CCN(c2nc(OCCN3CCCC3)nc3c2CCC(n2ccc4cc(OC)ccc42)C3)C[C@@H]1CC#N. The fraction of sp³-hybridized carbons (Fsp3) is 0.500. The number of carbonyl (C=O) groups is 1. The van der Waals surface area contributed by atoms with Crippen LogP contribution < -0.4 is 14.4 Å². The van der Waals surface area contributed by atoms with Gasteiger partial charge in [0.1, 0.15) is 18.2 Å². The summed E-state index contributed by atoms with van der Waals surface area (Å²) in [5, 5.41) is 10.7. The topological polar surface area (TPSA) is 99.8 Å². The molecular formula is C32H39N7O3. The summed E-state index contributed by atoms with van der Waals surface area (Å²) >= 11 is 0. The van der Waals surface area contributed by atoms with E-state index in [0.29, 0.717) is 32.3 Å². The van der Waals surface area contributed by atoms with Gasteiger partial charge in [-0.15, -0.1) is 0 Å². The molecule has 4 heterocycles. The number of benzene rings is 1. The van der Waals surface area contributed by atoms with Crippen molar-refractivity contribution in [1.82, 2.24) is 24.3 Å². The van der Waals surface area contributed by atoms with Crippen molar-refractivity contribution in [3.05, 3.63) is 54.4 Å². The molecule has 2 saturated heterocycles. The third kappa shape index (κ3) is 5.66. The van der Waals surface area contributed by atoms with Crippen LogP contribution in [0.1, 0.15) is 43.0 Å². The van der Waals surface area contributed by atoms with Crippen molar-refractivity contribution in [1.29, 1.82) is 5.26 Å². The number of ether oxygens (including phenoxy) is 2. The average Bonchev–Trinajstić information content (AvgIpc) is 3.70. The zero-order valence-corrected chi connectivity index (χ0v) is 24.4. The molecule has 220 valence electrons. The van der Waals surface area contributed by atoms with Crippen LogP contribution in [0.3, 0.4) is 0 Å². The summed E-state index contributed by atoms with van der Waals surface area (Å²) in [6, 6.07) is 11.1. The van der Waals surface area contributed by atoms with Gasteiger partial charge in [-0.3, -0.25) is 9.69 Å². The highest BCUT2D eigenvalue weighted by Gasteiger charge is 2.34. The van der Waals surface area contributed by atoms with Crippen LogP contribution in [0.2, 0.25) is 0 Å². The molecule has 10 nitrogen and oxygen atoms in total. The van der Waals surface area contributed by atoms with Crippen LogP contribution in [-0.4, -0.2) is 89.3 Å². The van der Waals surface area contributed by atoms with E-state index in [9.17, 15) is 10.1 Å². The molecule has 1 unspecified atom stereocenters. The molecule has 2 aromatic heterocycles. The number of nitrogens with zero attached hydrogens (tertiary/aromatic N) is 7. The van der Waals surface area contributed by atoms with Crippen LogP contribution in [0, 0.1) is 11.3 Å². The van der Waals surface area contributed by atoms with Gasteiger partial charge in [-0.1, -0.05) is 6.58 Å². The van der Waals surface area contributed by atoms with Crippen LogP contribution in [0.4, 0.5) is 5.82 Å². The first-order valence-corrected chi connectivity index (χ1v) is 15.0. The summed E-state index contributed by atoms with van der Waals surface area (Å²) in [5.41, 5.74) is 3.35. The number of aromatic nitrogens is 3. The van der Waals surface area contributed by atoms with Gasteiger partial charge >= 0.3 is 6.01 Å². The minimum atomic E-state index is -0.223. The number of likely N-dealkylation sites (tertiary alicyclic amines) is 1. The molecule has 0 radical (unpaired) electrons. The zero-order chi connectivity index (χ0) is 29.1. The normalized spacial score (nSPS) is 20.8. The van der Waals surface area contributed by atoms with Gasteiger partial charge in [-0.05, 0) is 69.1 Å². The second kappa shape index (κ2) is 12.4. The fourth-order valence-corrected chi connectivity index (χ4v) is 6.71. The number of anilines is 1. The van der Waals surface area contributed by atoms with Gasteiger partial charge in [0.05, 0.1) is 31.3 Å². The second-order valence-corrected chi connectivity index (χ2v) is 11.4. The zero-order valence-electron chi connectivity index (χ0n) is 24.4. The highest BCUT2D eigenvalue weighted by atomic mass is 16.5. The summed E-state index contributed by atoms with van der Waals surface area (Å²) in [6.07, 6.45) is 8.82. The van der Waals surface area contributed by atoms with Crippen molar-refractivity contribution in [2.24, 2.45) is 0 Å². The van der Waals surface area contributed by atoms with E-state index in [1.54, 1.807) is 12.0 Å². The molecule has 1 aliphatic carbocycles. The molecule has 42 heavy (non-hydrogen) atoms. The van der Waals surface area contributed by atoms with Crippen LogP contribution in [0.25, 0.3) is 10.9 Å². The van der Waals surface area contributed by atoms with Crippen molar-refractivity contribution in [2.75, 3.05) is 57.9 Å². The highest BCUT2D eigenvalue weighted by molar-refractivity contribution is 5.87. The number of methoxy groups -OCH3 is 1. The summed E-state index contributed by atoms with van der Waals surface area (Å²) < 4.78 is 14.0. The predicted octanol–water partition coefficient (Wildman–Crippen LogP) is 3.76. The number of hydrogen-bond donors (Lipinski definition) is 0. The fourth-order valence-electron chi connectivity index (χ4n) is 6.71. The Balaban J connectivity index is 1.29. The molecule has 3 aromatic rings. The lowest BCUT2D eigenvalue weighted by atomic mass is 9.91. The Morgan fingerprint density at radius 1 is 1.19 bits per heavy atom. The molecule has 6 rings (SSSR count). The van der Waals surface area contributed by atoms with Gasteiger partial charge in [0.2, 0.25) is 5.91 Å². The molecule has 10 heteroatoms. The number of carbonyl (C=O) groups excluding carboxylic acids is 1. The van der Waals surface area contributed by atoms with Gasteiger partial charge in [0.15, 0.2) is 0 Å². The lowest BCUT2D eigenvalue weighted by Gasteiger charge is -2.42. The Bertz CT molecular complexity index is 1490. The monoisotopic (exact) mass is 569 g/mol. The van der Waals surface area contributed by atoms with Gasteiger partial charge in [0.25, 0.3) is 0 Å². The Morgan fingerprint density at radius 3 is 2.83 bits per heavy atom. The van der Waals surface area contributed by atoms with Crippen molar-refractivity contribution >= 4 is 22.6 Å². The predicted molar refractivity (Wildman–Crippen MR) is 161 cm³/mol. The summed E-state index contributed by atoms with van der Waals surface area (Å²) in [5.74, 6) is 1.60. The summed E-state index contributed by atoms with van der Waals surface area (Å²) in [7, 11) is 1.69. The maximum Gasteiger partial charge on any atom is 0.318 e.